The van der Waals surface area contributed by atoms with E-state index >= 15 is 0 Å². The summed E-state index contributed by atoms with van der Waals surface area (Å²) in [5.74, 6) is 0.554. The van der Waals surface area contributed by atoms with Gasteiger partial charge < -0.3 is 10.1 Å². The van der Waals surface area contributed by atoms with Crippen molar-refractivity contribution in [3.05, 3.63) is 82.3 Å². The number of nitrogens with one attached hydrogen (secondary N) is 2. The number of halogens is 2. The Labute approximate surface area is 178 Å². The lowest BCUT2D eigenvalue weighted by Crippen LogP contribution is -2.14. The standard InChI is InChI=1S/C20H16Cl2N2O4S/c1-29(26,27)24-17-9-7-13(11-16(17)22)20(25)23-18-12-14(21)8-10-19(18)28-15-5-3-2-4-6-15/h2-12,24H,1H3,(H,23,25). The van der Waals surface area contributed by atoms with Crippen LogP contribution in [0.4, 0.5) is 11.4 Å². The lowest BCUT2D eigenvalue weighted by molar-refractivity contribution is 0.102. The molecule has 0 spiro atoms. The topological polar surface area (TPSA) is 84.5 Å². The normalized spacial score (nSPS) is 11.0. The van der Waals surface area contributed by atoms with E-state index < -0.39 is 15.9 Å². The van der Waals surface area contributed by atoms with E-state index in [4.69, 9.17) is 27.9 Å². The SMILES string of the molecule is CS(=O)(=O)Nc1ccc(C(=O)Nc2cc(Cl)ccc2Oc2ccccc2)cc1Cl. The van der Waals surface area contributed by atoms with E-state index in [1.165, 1.54) is 18.2 Å². The number of rotatable bonds is 6. The van der Waals surface area contributed by atoms with Gasteiger partial charge in [0, 0.05) is 10.6 Å². The van der Waals surface area contributed by atoms with Crippen LogP contribution in [0, 0.1) is 0 Å². The summed E-state index contributed by atoms with van der Waals surface area (Å²) in [4.78, 5) is 12.7. The van der Waals surface area contributed by atoms with Gasteiger partial charge in [-0.15, -0.1) is 0 Å². The summed E-state index contributed by atoms with van der Waals surface area (Å²) < 4.78 is 30.8. The van der Waals surface area contributed by atoms with Crippen LogP contribution in [0.1, 0.15) is 10.4 Å². The van der Waals surface area contributed by atoms with Crippen LogP contribution in [0.2, 0.25) is 10.0 Å². The first-order valence-corrected chi connectivity index (χ1v) is 11.0. The van der Waals surface area contributed by atoms with Gasteiger partial charge in [0.25, 0.3) is 5.91 Å². The molecule has 0 saturated carbocycles. The number of benzene rings is 3. The molecule has 0 bridgehead atoms. The molecule has 0 saturated heterocycles. The molecule has 0 aliphatic heterocycles. The van der Waals surface area contributed by atoms with E-state index in [-0.39, 0.29) is 16.3 Å². The van der Waals surface area contributed by atoms with Gasteiger partial charge in [0.1, 0.15) is 5.75 Å². The van der Waals surface area contributed by atoms with Crippen LogP contribution < -0.4 is 14.8 Å². The predicted molar refractivity (Wildman–Crippen MR) is 116 cm³/mol. The number of hydrogen-bond donors (Lipinski definition) is 2. The molecule has 0 heterocycles. The molecular formula is C20H16Cl2N2O4S. The second-order valence-electron chi connectivity index (χ2n) is 6.08. The molecule has 1 amide bonds. The summed E-state index contributed by atoms with van der Waals surface area (Å²) >= 11 is 12.2. The number of ether oxygens (including phenoxy) is 1. The molecule has 0 atom stereocenters. The summed E-state index contributed by atoms with van der Waals surface area (Å²) in [6, 6.07) is 18.2. The van der Waals surface area contributed by atoms with Crippen molar-refractivity contribution in [1.82, 2.24) is 0 Å². The van der Waals surface area contributed by atoms with Crippen molar-refractivity contribution in [2.45, 2.75) is 0 Å². The fourth-order valence-electron chi connectivity index (χ4n) is 2.44. The minimum atomic E-state index is -3.49. The third kappa shape index (κ3) is 5.87. The molecule has 29 heavy (non-hydrogen) atoms. The van der Waals surface area contributed by atoms with Crippen molar-refractivity contribution < 1.29 is 17.9 Å². The van der Waals surface area contributed by atoms with Crippen LogP contribution in [0.3, 0.4) is 0 Å². The molecule has 3 aromatic carbocycles. The highest BCUT2D eigenvalue weighted by atomic mass is 35.5. The largest absolute Gasteiger partial charge is 0.455 e. The molecular weight excluding hydrogens is 435 g/mol. The lowest BCUT2D eigenvalue weighted by atomic mass is 10.2. The average molecular weight is 451 g/mol. The number of carbonyl (C=O) groups is 1. The maximum absolute atomic E-state index is 12.7. The number of carbonyl (C=O) groups excluding carboxylic acids is 1. The molecule has 3 rings (SSSR count). The first-order valence-electron chi connectivity index (χ1n) is 8.32. The van der Waals surface area contributed by atoms with Crippen molar-refractivity contribution in [3.8, 4) is 11.5 Å². The zero-order valence-electron chi connectivity index (χ0n) is 15.1. The molecule has 3 aromatic rings. The number of anilines is 2. The number of para-hydroxylation sites is 1. The van der Waals surface area contributed by atoms with E-state index in [2.05, 4.69) is 10.0 Å². The fraction of sp³-hybridized carbons (Fsp3) is 0.0500. The van der Waals surface area contributed by atoms with Gasteiger partial charge in [-0.2, -0.15) is 0 Å². The summed E-state index contributed by atoms with van der Waals surface area (Å²) in [7, 11) is -3.49. The minimum Gasteiger partial charge on any atom is -0.455 e. The van der Waals surface area contributed by atoms with Gasteiger partial charge in [0.05, 0.1) is 22.7 Å². The molecule has 0 fully saturated rings. The molecule has 0 unspecified atom stereocenters. The fourth-order valence-corrected chi connectivity index (χ4v) is 3.47. The number of hydrogen-bond acceptors (Lipinski definition) is 4. The first kappa shape index (κ1) is 21.0. The van der Waals surface area contributed by atoms with E-state index in [0.717, 1.165) is 6.26 Å². The summed E-state index contributed by atoms with van der Waals surface area (Å²) in [5, 5.41) is 3.25. The van der Waals surface area contributed by atoms with Gasteiger partial charge in [0.15, 0.2) is 5.75 Å². The van der Waals surface area contributed by atoms with Crippen molar-refractivity contribution in [2.24, 2.45) is 0 Å². The summed E-state index contributed by atoms with van der Waals surface area (Å²) in [6.07, 6.45) is 1.01. The van der Waals surface area contributed by atoms with Crippen molar-refractivity contribution in [1.29, 1.82) is 0 Å². The zero-order chi connectivity index (χ0) is 21.0. The van der Waals surface area contributed by atoms with Crippen LogP contribution in [-0.4, -0.2) is 20.6 Å². The van der Waals surface area contributed by atoms with Gasteiger partial charge in [-0.3, -0.25) is 9.52 Å². The molecule has 2 N–H and O–H groups in total. The van der Waals surface area contributed by atoms with Crippen molar-refractivity contribution in [3.63, 3.8) is 0 Å². The monoisotopic (exact) mass is 450 g/mol. The van der Waals surface area contributed by atoms with Crippen LogP contribution in [0.25, 0.3) is 0 Å². The van der Waals surface area contributed by atoms with Gasteiger partial charge >= 0.3 is 0 Å². The van der Waals surface area contributed by atoms with Gasteiger partial charge in [-0.25, -0.2) is 8.42 Å². The highest BCUT2D eigenvalue weighted by Crippen LogP contribution is 2.33. The Hall–Kier alpha value is -2.74. The van der Waals surface area contributed by atoms with Crippen LogP contribution in [0.15, 0.2) is 66.7 Å². The van der Waals surface area contributed by atoms with Crippen molar-refractivity contribution >= 4 is 50.5 Å². The Morgan fingerprint density at radius 3 is 2.31 bits per heavy atom. The predicted octanol–water partition coefficient (Wildman–Crippen LogP) is 5.41. The van der Waals surface area contributed by atoms with E-state index in [1.54, 1.807) is 30.3 Å². The molecule has 9 heteroatoms. The third-order valence-corrected chi connectivity index (χ3v) is 4.83. The molecule has 0 aliphatic rings. The van der Waals surface area contributed by atoms with Crippen LogP contribution >= 0.6 is 23.2 Å². The molecule has 6 nitrogen and oxygen atoms in total. The van der Waals surface area contributed by atoms with E-state index in [1.807, 2.05) is 18.2 Å². The van der Waals surface area contributed by atoms with Gasteiger partial charge in [0.2, 0.25) is 10.0 Å². The molecule has 0 aromatic heterocycles. The Balaban J connectivity index is 1.83. The Kier molecular flexibility index (Phi) is 6.32. The quantitative estimate of drug-likeness (QED) is 0.525. The highest BCUT2D eigenvalue weighted by molar-refractivity contribution is 7.92. The lowest BCUT2D eigenvalue weighted by Gasteiger charge is -2.13. The zero-order valence-corrected chi connectivity index (χ0v) is 17.5. The molecule has 0 radical (unpaired) electrons. The van der Waals surface area contributed by atoms with Crippen LogP contribution in [0.5, 0.6) is 11.5 Å². The smallest absolute Gasteiger partial charge is 0.255 e. The number of sulfonamides is 1. The first-order chi connectivity index (χ1) is 13.7. The van der Waals surface area contributed by atoms with Crippen LogP contribution in [-0.2, 0) is 10.0 Å². The average Bonchev–Trinajstić information content (AvgIpc) is 2.65. The number of amides is 1. The van der Waals surface area contributed by atoms with Gasteiger partial charge in [-0.05, 0) is 48.5 Å². The maximum Gasteiger partial charge on any atom is 0.255 e. The van der Waals surface area contributed by atoms with Gasteiger partial charge in [-0.1, -0.05) is 41.4 Å². The highest BCUT2D eigenvalue weighted by Gasteiger charge is 2.14. The molecule has 150 valence electrons. The van der Waals surface area contributed by atoms with E-state index in [0.29, 0.717) is 22.2 Å². The summed E-state index contributed by atoms with van der Waals surface area (Å²) in [6.45, 7) is 0. The second-order valence-corrected chi connectivity index (χ2v) is 8.67. The van der Waals surface area contributed by atoms with E-state index in [9.17, 15) is 13.2 Å². The Morgan fingerprint density at radius 2 is 1.66 bits per heavy atom. The molecule has 0 aliphatic carbocycles. The minimum absolute atomic E-state index is 0.0925. The second kappa shape index (κ2) is 8.73. The maximum atomic E-state index is 12.7. The summed E-state index contributed by atoms with van der Waals surface area (Å²) in [5.41, 5.74) is 0.794. The Morgan fingerprint density at radius 1 is 0.931 bits per heavy atom. The third-order valence-electron chi connectivity index (χ3n) is 3.69. The Bertz CT molecular complexity index is 1150. The van der Waals surface area contributed by atoms with Crippen molar-refractivity contribution in [2.75, 3.05) is 16.3 Å².